The van der Waals surface area contributed by atoms with Crippen molar-refractivity contribution < 1.29 is 13.9 Å². The molecule has 2 N–H and O–H groups in total. The minimum Gasteiger partial charge on any atom is -0.494 e. The van der Waals surface area contributed by atoms with Crippen LogP contribution in [0.2, 0.25) is 0 Å². The smallest absolute Gasteiger partial charge is 0.315 e. The van der Waals surface area contributed by atoms with Crippen LogP contribution in [0.15, 0.2) is 48.5 Å². The highest BCUT2D eigenvalue weighted by molar-refractivity contribution is 5.75. The average molecular weight is 344 g/mol. The zero-order chi connectivity index (χ0) is 18.4. The lowest BCUT2D eigenvalue weighted by atomic mass is 9.96. The Morgan fingerprint density at radius 3 is 2.24 bits per heavy atom. The number of hydrogen-bond donors (Lipinski definition) is 2. The standard InChI is InChI=1S/C20H25FN2O2/c1-13(2)19(15-8-6-5-7-9-15)23-20(24)22-14(3)16-10-11-18(25-4)17(21)12-16/h5-14,19H,1-4H3,(H2,22,23,24)/t14-,19-/m0/s1. The van der Waals surface area contributed by atoms with E-state index in [2.05, 4.69) is 24.5 Å². The number of carbonyl (C=O) groups excluding carboxylic acids is 1. The van der Waals surface area contributed by atoms with E-state index in [0.29, 0.717) is 5.56 Å². The van der Waals surface area contributed by atoms with E-state index in [1.54, 1.807) is 12.1 Å². The Labute approximate surface area is 148 Å². The van der Waals surface area contributed by atoms with Crippen LogP contribution in [0.25, 0.3) is 0 Å². The number of hydrogen-bond acceptors (Lipinski definition) is 2. The first-order valence-corrected chi connectivity index (χ1v) is 8.37. The normalized spacial score (nSPS) is 13.2. The highest BCUT2D eigenvalue weighted by Gasteiger charge is 2.19. The molecule has 25 heavy (non-hydrogen) atoms. The predicted octanol–water partition coefficient (Wildman–Crippen LogP) is 4.59. The van der Waals surface area contributed by atoms with Gasteiger partial charge in [0.2, 0.25) is 0 Å². The molecule has 134 valence electrons. The predicted molar refractivity (Wildman–Crippen MR) is 97.1 cm³/mol. The van der Waals surface area contributed by atoms with Crippen molar-refractivity contribution in [2.75, 3.05) is 7.11 Å². The molecule has 0 aliphatic rings. The van der Waals surface area contributed by atoms with Gasteiger partial charge in [-0.3, -0.25) is 0 Å². The molecule has 0 radical (unpaired) electrons. The number of urea groups is 1. The minimum absolute atomic E-state index is 0.0963. The topological polar surface area (TPSA) is 50.4 Å². The molecule has 0 unspecified atom stereocenters. The minimum atomic E-state index is -0.446. The zero-order valence-corrected chi connectivity index (χ0v) is 15.0. The lowest BCUT2D eigenvalue weighted by Crippen LogP contribution is -2.40. The summed E-state index contributed by atoms with van der Waals surface area (Å²) in [7, 11) is 1.42. The summed E-state index contributed by atoms with van der Waals surface area (Å²) in [4.78, 5) is 12.4. The molecule has 2 rings (SSSR count). The van der Waals surface area contributed by atoms with Gasteiger partial charge in [-0.05, 0) is 36.1 Å². The van der Waals surface area contributed by atoms with Crippen LogP contribution in [-0.4, -0.2) is 13.1 Å². The fourth-order valence-corrected chi connectivity index (χ4v) is 2.71. The van der Waals surface area contributed by atoms with Gasteiger partial charge in [-0.2, -0.15) is 0 Å². The van der Waals surface area contributed by atoms with E-state index in [1.165, 1.54) is 13.2 Å². The van der Waals surface area contributed by atoms with Gasteiger partial charge in [-0.1, -0.05) is 50.2 Å². The Balaban J connectivity index is 2.04. The summed E-state index contributed by atoms with van der Waals surface area (Å²) < 4.78 is 18.7. The van der Waals surface area contributed by atoms with Crippen LogP contribution < -0.4 is 15.4 Å². The molecule has 0 aliphatic heterocycles. The molecule has 2 aromatic carbocycles. The van der Waals surface area contributed by atoms with Gasteiger partial charge in [0, 0.05) is 0 Å². The van der Waals surface area contributed by atoms with E-state index in [9.17, 15) is 9.18 Å². The van der Waals surface area contributed by atoms with Crippen molar-refractivity contribution in [3.05, 3.63) is 65.5 Å². The van der Waals surface area contributed by atoms with Crippen molar-refractivity contribution in [2.45, 2.75) is 32.9 Å². The van der Waals surface area contributed by atoms with Crippen LogP contribution in [0.1, 0.15) is 44.0 Å². The lowest BCUT2D eigenvalue weighted by molar-refractivity contribution is 0.230. The molecule has 0 saturated heterocycles. The van der Waals surface area contributed by atoms with Gasteiger partial charge >= 0.3 is 6.03 Å². The second kappa shape index (κ2) is 8.51. The Morgan fingerprint density at radius 2 is 1.68 bits per heavy atom. The van der Waals surface area contributed by atoms with E-state index in [1.807, 2.05) is 37.3 Å². The number of ether oxygens (including phenoxy) is 1. The molecule has 0 spiro atoms. The number of benzene rings is 2. The Hall–Kier alpha value is -2.56. The van der Waals surface area contributed by atoms with Gasteiger partial charge in [-0.25, -0.2) is 9.18 Å². The van der Waals surface area contributed by atoms with Crippen LogP contribution in [0.4, 0.5) is 9.18 Å². The van der Waals surface area contributed by atoms with Gasteiger partial charge in [0.1, 0.15) is 0 Å². The third-order valence-corrected chi connectivity index (χ3v) is 4.14. The molecule has 0 fully saturated rings. The molecular formula is C20H25FN2O2. The molecule has 0 bridgehead atoms. The number of rotatable bonds is 6. The molecule has 0 aromatic heterocycles. The fourth-order valence-electron chi connectivity index (χ4n) is 2.71. The maximum absolute atomic E-state index is 13.8. The highest BCUT2D eigenvalue weighted by atomic mass is 19.1. The summed E-state index contributed by atoms with van der Waals surface area (Å²) >= 11 is 0. The molecule has 2 aromatic rings. The van der Waals surface area contributed by atoms with E-state index >= 15 is 0 Å². The van der Waals surface area contributed by atoms with Gasteiger partial charge in [-0.15, -0.1) is 0 Å². The largest absolute Gasteiger partial charge is 0.494 e. The summed E-state index contributed by atoms with van der Waals surface area (Å²) in [6, 6.07) is 13.8. The molecule has 2 atom stereocenters. The molecule has 0 heterocycles. The fraction of sp³-hybridized carbons (Fsp3) is 0.350. The molecule has 4 nitrogen and oxygen atoms in total. The molecular weight excluding hydrogens is 319 g/mol. The first kappa shape index (κ1) is 18.8. The highest BCUT2D eigenvalue weighted by Crippen LogP contribution is 2.23. The summed E-state index contributed by atoms with van der Waals surface area (Å²) in [5.41, 5.74) is 1.73. The van der Waals surface area contributed by atoms with E-state index in [4.69, 9.17) is 4.74 Å². The van der Waals surface area contributed by atoms with Crippen molar-refractivity contribution in [1.29, 1.82) is 0 Å². The first-order chi connectivity index (χ1) is 11.9. The molecule has 2 amide bonds. The number of halogens is 1. The van der Waals surface area contributed by atoms with Gasteiger partial charge in [0.25, 0.3) is 0 Å². The van der Waals surface area contributed by atoms with Crippen LogP contribution in [-0.2, 0) is 0 Å². The third-order valence-electron chi connectivity index (χ3n) is 4.14. The van der Waals surface area contributed by atoms with E-state index < -0.39 is 5.82 Å². The number of amides is 2. The molecule has 0 saturated carbocycles. The Kier molecular flexibility index (Phi) is 6.39. The summed E-state index contributed by atoms with van der Waals surface area (Å²) in [5, 5.41) is 5.86. The maximum atomic E-state index is 13.8. The van der Waals surface area contributed by atoms with Crippen LogP contribution in [0.3, 0.4) is 0 Å². The average Bonchev–Trinajstić information content (AvgIpc) is 2.60. The number of methoxy groups -OCH3 is 1. The van der Waals surface area contributed by atoms with E-state index in [-0.39, 0.29) is 29.8 Å². The first-order valence-electron chi connectivity index (χ1n) is 8.37. The zero-order valence-electron chi connectivity index (χ0n) is 15.0. The third kappa shape index (κ3) is 4.95. The van der Waals surface area contributed by atoms with Crippen molar-refractivity contribution in [1.82, 2.24) is 10.6 Å². The monoisotopic (exact) mass is 344 g/mol. The van der Waals surface area contributed by atoms with E-state index in [0.717, 1.165) is 5.56 Å². The SMILES string of the molecule is COc1ccc([C@H](C)NC(=O)N[C@H](c2ccccc2)C(C)C)cc1F. The quantitative estimate of drug-likeness (QED) is 0.805. The maximum Gasteiger partial charge on any atom is 0.315 e. The summed E-state index contributed by atoms with van der Waals surface area (Å²) in [6.45, 7) is 5.92. The summed E-state index contributed by atoms with van der Waals surface area (Å²) in [6.07, 6.45) is 0. The molecule has 0 aliphatic carbocycles. The molecule has 5 heteroatoms. The van der Waals surface area contributed by atoms with Crippen molar-refractivity contribution in [3.8, 4) is 5.75 Å². The van der Waals surface area contributed by atoms with Crippen LogP contribution in [0, 0.1) is 11.7 Å². The van der Waals surface area contributed by atoms with Crippen LogP contribution >= 0.6 is 0 Å². The van der Waals surface area contributed by atoms with Gasteiger partial charge in [0.15, 0.2) is 11.6 Å². The summed E-state index contributed by atoms with van der Waals surface area (Å²) in [5.74, 6) is -0.0235. The van der Waals surface area contributed by atoms with Crippen molar-refractivity contribution >= 4 is 6.03 Å². The van der Waals surface area contributed by atoms with Crippen LogP contribution in [0.5, 0.6) is 5.75 Å². The lowest BCUT2D eigenvalue weighted by Gasteiger charge is -2.24. The van der Waals surface area contributed by atoms with Gasteiger partial charge in [0.05, 0.1) is 19.2 Å². The Bertz CT molecular complexity index is 704. The van der Waals surface area contributed by atoms with Gasteiger partial charge < -0.3 is 15.4 Å². The van der Waals surface area contributed by atoms with Crippen molar-refractivity contribution in [3.63, 3.8) is 0 Å². The van der Waals surface area contributed by atoms with Crippen molar-refractivity contribution in [2.24, 2.45) is 5.92 Å². The second-order valence-corrected chi connectivity index (χ2v) is 6.37. The number of nitrogens with one attached hydrogen (secondary N) is 2. The number of carbonyl (C=O) groups is 1. The Morgan fingerprint density at radius 1 is 1.00 bits per heavy atom. The second-order valence-electron chi connectivity index (χ2n) is 6.37.